The number of carbonyl (C=O) groups is 1. The molecule has 122 valence electrons. The molecule has 23 heavy (non-hydrogen) atoms. The van der Waals surface area contributed by atoms with Gasteiger partial charge in [0.15, 0.2) is 0 Å². The van der Waals surface area contributed by atoms with Crippen molar-refractivity contribution in [1.29, 1.82) is 0 Å². The van der Waals surface area contributed by atoms with Crippen molar-refractivity contribution >= 4 is 6.09 Å². The Hall–Kier alpha value is -1.99. The summed E-state index contributed by atoms with van der Waals surface area (Å²) in [6, 6.07) is 7.54. The molecule has 2 aliphatic rings. The highest BCUT2D eigenvalue weighted by Crippen LogP contribution is 2.42. The second-order valence-corrected chi connectivity index (χ2v) is 6.46. The molecule has 4 heteroatoms. The van der Waals surface area contributed by atoms with E-state index in [-0.39, 0.29) is 12.0 Å². The van der Waals surface area contributed by atoms with Crippen LogP contribution in [0.3, 0.4) is 0 Å². The first-order valence-corrected chi connectivity index (χ1v) is 8.00. The number of hydrogen-bond acceptors (Lipinski definition) is 3. The van der Waals surface area contributed by atoms with Gasteiger partial charge < -0.3 is 14.7 Å². The van der Waals surface area contributed by atoms with Crippen molar-refractivity contribution in [3.63, 3.8) is 0 Å². The summed E-state index contributed by atoms with van der Waals surface area (Å²) < 4.78 is 25.9. The molecular formula is C19H23NO3. The minimum absolute atomic E-state index is 0.197. The van der Waals surface area contributed by atoms with E-state index in [1.54, 1.807) is 0 Å². The number of hydrogen-bond donors (Lipinski definition) is 1. The molecule has 0 unspecified atom stereocenters. The van der Waals surface area contributed by atoms with Gasteiger partial charge in [-0.25, -0.2) is 4.79 Å². The van der Waals surface area contributed by atoms with E-state index < -0.39 is 18.7 Å². The lowest BCUT2D eigenvalue weighted by Crippen LogP contribution is -2.49. The Balaban J connectivity index is 1.78. The molecule has 1 aromatic carbocycles. The maximum Gasteiger partial charge on any atom is 0.409 e. The zero-order valence-corrected chi connectivity index (χ0v) is 13.2. The van der Waals surface area contributed by atoms with Gasteiger partial charge in [0, 0.05) is 24.1 Å². The second kappa shape index (κ2) is 6.25. The highest BCUT2D eigenvalue weighted by Gasteiger charge is 2.50. The van der Waals surface area contributed by atoms with E-state index in [1.807, 2.05) is 31.2 Å². The maximum atomic E-state index is 12.2. The first-order chi connectivity index (χ1) is 12.2. The van der Waals surface area contributed by atoms with Gasteiger partial charge in [-0.15, -0.1) is 0 Å². The molecule has 1 N–H and O–H groups in total. The van der Waals surface area contributed by atoms with Crippen LogP contribution >= 0.6 is 0 Å². The Morgan fingerprint density at radius 1 is 1.52 bits per heavy atom. The standard InChI is InChI=1S/C19H23NO3/c1-14-5-3-6-15(13-14)8-11-19(22)10-4-7-17-16(19)9-12-20(17)18(21)23-2/h3,5-6,13,16-17,22H,4,7,9-10,12H2,1-2H3/t16-,17-,19-/m1/s1/i2D3. The molecule has 1 amide bonds. The van der Waals surface area contributed by atoms with Gasteiger partial charge in [-0.2, -0.15) is 0 Å². The van der Waals surface area contributed by atoms with Crippen LogP contribution in [0.2, 0.25) is 0 Å². The normalized spacial score (nSPS) is 31.9. The van der Waals surface area contributed by atoms with Crippen LogP contribution in [-0.4, -0.2) is 41.3 Å². The molecule has 2 fully saturated rings. The lowest BCUT2D eigenvalue weighted by molar-refractivity contribution is -0.0136. The van der Waals surface area contributed by atoms with Crippen LogP contribution in [0.1, 0.15) is 40.9 Å². The minimum atomic E-state index is -2.76. The van der Waals surface area contributed by atoms with E-state index in [4.69, 9.17) is 4.11 Å². The van der Waals surface area contributed by atoms with Gasteiger partial charge >= 0.3 is 6.09 Å². The number of carbonyl (C=O) groups excluding carboxylic acids is 1. The number of benzene rings is 1. The molecule has 1 aliphatic carbocycles. The maximum absolute atomic E-state index is 12.2. The van der Waals surface area contributed by atoms with Crippen molar-refractivity contribution in [3.05, 3.63) is 35.4 Å². The van der Waals surface area contributed by atoms with Gasteiger partial charge in [0.25, 0.3) is 0 Å². The van der Waals surface area contributed by atoms with E-state index >= 15 is 0 Å². The number of rotatable bonds is 0. The summed E-state index contributed by atoms with van der Waals surface area (Å²) in [5.41, 5.74) is 0.767. The van der Waals surface area contributed by atoms with Crippen LogP contribution in [-0.2, 0) is 4.74 Å². The molecular weight excluding hydrogens is 290 g/mol. The number of fused-ring (bicyclic) bond motifs is 1. The van der Waals surface area contributed by atoms with E-state index in [2.05, 4.69) is 16.6 Å². The number of nitrogens with zero attached hydrogens (tertiary/aromatic N) is 1. The van der Waals surface area contributed by atoms with Gasteiger partial charge in [0.1, 0.15) is 5.60 Å². The molecule has 1 aromatic rings. The summed E-state index contributed by atoms with van der Waals surface area (Å²) in [6.07, 6.45) is 1.73. The van der Waals surface area contributed by atoms with Crippen molar-refractivity contribution < 1.29 is 18.8 Å². The van der Waals surface area contributed by atoms with Crippen LogP contribution in [0.4, 0.5) is 4.79 Å². The predicted octanol–water partition coefficient (Wildman–Crippen LogP) is 2.72. The minimum Gasteiger partial charge on any atom is -0.453 e. The van der Waals surface area contributed by atoms with Crippen molar-refractivity contribution in [1.82, 2.24) is 4.90 Å². The molecule has 4 nitrogen and oxygen atoms in total. The summed E-state index contributed by atoms with van der Waals surface area (Å²) >= 11 is 0. The highest BCUT2D eigenvalue weighted by atomic mass is 16.5. The number of likely N-dealkylation sites (tertiary alicyclic amines) is 1. The summed E-state index contributed by atoms with van der Waals surface area (Å²) in [5, 5.41) is 11.1. The average Bonchev–Trinajstić information content (AvgIpc) is 2.98. The summed E-state index contributed by atoms with van der Waals surface area (Å²) in [6.45, 7) is 2.36. The lowest BCUT2D eigenvalue weighted by atomic mass is 9.73. The van der Waals surface area contributed by atoms with Gasteiger partial charge in [-0.05, 0) is 50.3 Å². The molecule has 1 aliphatic heterocycles. The van der Waals surface area contributed by atoms with Crippen molar-refractivity contribution in [2.24, 2.45) is 5.92 Å². The van der Waals surface area contributed by atoms with E-state index in [9.17, 15) is 9.90 Å². The van der Waals surface area contributed by atoms with Gasteiger partial charge in [-0.3, -0.25) is 0 Å². The molecule has 1 heterocycles. The van der Waals surface area contributed by atoms with E-state index in [0.29, 0.717) is 19.4 Å². The smallest absolute Gasteiger partial charge is 0.409 e. The molecule has 0 radical (unpaired) electrons. The van der Waals surface area contributed by atoms with Gasteiger partial charge in [-0.1, -0.05) is 24.0 Å². The number of methoxy groups -OCH3 is 1. The fourth-order valence-electron chi connectivity index (χ4n) is 3.88. The van der Waals surface area contributed by atoms with Crippen LogP contribution < -0.4 is 0 Å². The van der Waals surface area contributed by atoms with Crippen LogP contribution in [0.15, 0.2) is 24.3 Å². The van der Waals surface area contributed by atoms with E-state index in [1.165, 1.54) is 4.90 Å². The lowest BCUT2D eigenvalue weighted by Gasteiger charge is -2.39. The molecule has 0 bridgehead atoms. The zero-order valence-electron chi connectivity index (χ0n) is 16.2. The Morgan fingerprint density at radius 2 is 2.39 bits per heavy atom. The van der Waals surface area contributed by atoms with Crippen molar-refractivity contribution in [3.8, 4) is 11.8 Å². The third-order valence-corrected chi connectivity index (χ3v) is 4.98. The summed E-state index contributed by atoms with van der Waals surface area (Å²) in [4.78, 5) is 13.6. The SMILES string of the molecule is [2H]C([2H])([2H])OC(=O)N1CC[C@@H]2[C@H]1CCC[C@@]2(O)C#Cc1cccc(C)c1. The quantitative estimate of drug-likeness (QED) is 0.749. The largest absolute Gasteiger partial charge is 0.453 e. The monoisotopic (exact) mass is 316 g/mol. The van der Waals surface area contributed by atoms with Crippen molar-refractivity contribution in [2.75, 3.05) is 13.6 Å². The summed E-state index contributed by atoms with van der Waals surface area (Å²) in [7, 11) is -2.76. The molecule has 0 aromatic heterocycles. The molecule has 0 spiro atoms. The molecule has 3 rings (SSSR count). The van der Waals surface area contributed by atoms with Crippen LogP contribution in [0, 0.1) is 24.7 Å². The van der Waals surface area contributed by atoms with Gasteiger partial charge in [0.05, 0.1) is 11.2 Å². The van der Waals surface area contributed by atoms with Crippen molar-refractivity contribution in [2.45, 2.75) is 44.2 Å². The number of amides is 1. The topological polar surface area (TPSA) is 49.8 Å². The Bertz CT molecular complexity index is 752. The molecule has 3 atom stereocenters. The average molecular weight is 316 g/mol. The highest BCUT2D eigenvalue weighted by molar-refractivity contribution is 5.68. The summed E-state index contributed by atoms with van der Waals surface area (Å²) in [5.74, 6) is 5.91. The zero-order chi connectivity index (χ0) is 18.9. The third-order valence-electron chi connectivity index (χ3n) is 4.98. The fourth-order valence-corrected chi connectivity index (χ4v) is 3.88. The fraction of sp³-hybridized carbons (Fsp3) is 0.526. The number of aliphatic hydroxyl groups is 1. The predicted molar refractivity (Wildman–Crippen MR) is 87.9 cm³/mol. The van der Waals surface area contributed by atoms with E-state index in [0.717, 1.165) is 24.0 Å². The first kappa shape index (κ1) is 12.4. The van der Waals surface area contributed by atoms with Crippen LogP contribution in [0.5, 0.6) is 0 Å². The van der Waals surface area contributed by atoms with Crippen LogP contribution in [0.25, 0.3) is 0 Å². The number of ether oxygens (including phenoxy) is 1. The molecule has 1 saturated heterocycles. The molecule has 1 saturated carbocycles. The Kier molecular flexibility index (Phi) is 3.38. The first-order valence-electron chi connectivity index (χ1n) is 9.50. The van der Waals surface area contributed by atoms with Gasteiger partial charge in [0.2, 0.25) is 0 Å². The second-order valence-electron chi connectivity index (χ2n) is 6.46. The number of aryl methyl sites for hydroxylation is 1. The third kappa shape index (κ3) is 3.07. The Morgan fingerprint density at radius 3 is 3.17 bits per heavy atom. The Labute approximate surface area is 141 Å².